The molecule has 120 valence electrons. The second kappa shape index (κ2) is 6.87. The number of aromatic nitrogens is 2. The Kier molecular flexibility index (Phi) is 4.66. The van der Waals surface area contributed by atoms with E-state index in [1.807, 2.05) is 30.5 Å². The predicted molar refractivity (Wildman–Crippen MR) is 86.5 cm³/mol. The van der Waals surface area contributed by atoms with Gasteiger partial charge in [0.25, 0.3) is 0 Å². The van der Waals surface area contributed by atoms with Crippen LogP contribution in [0.5, 0.6) is 0 Å². The highest BCUT2D eigenvalue weighted by Crippen LogP contribution is 2.20. The van der Waals surface area contributed by atoms with E-state index in [0.717, 1.165) is 16.4 Å². The van der Waals surface area contributed by atoms with E-state index in [0.29, 0.717) is 19.6 Å². The summed E-state index contributed by atoms with van der Waals surface area (Å²) < 4.78 is 0. The number of aryl methyl sites for hydroxylation is 1. The summed E-state index contributed by atoms with van der Waals surface area (Å²) in [5, 5.41) is 5.71. The van der Waals surface area contributed by atoms with Crippen LogP contribution in [0, 0.1) is 12.8 Å². The normalized spacial score (nSPS) is 17.5. The van der Waals surface area contributed by atoms with Gasteiger partial charge in [-0.05, 0) is 19.1 Å². The van der Waals surface area contributed by atoms with E-state index >= 15 is 0 Å². The molecular formula is C16H18N4O2S. The fourth-order valence-corrected chi connectivity index (χ4v) is 3.29. The van der Waals surface area contributed by atoms with E-state index in [-0.39, 0.29) is 24.2 Å². The molecule has 0 saturated carbocycles. The van der Waals surface area contributed by atoms with Crippen molar-refractivity contribution in [3.63, 3.8) is 0 Å². The van der Waals surface area contributed by atoms with Gasteiger partial charge in [0.05, 0.1) is 24.7 Å². The number of nitrogens with zero attached hydrogens (tertiary/aromatic N) is 3. The molecule has 3 rings (SSSR count). The SMILES string of the molecule is Cc1csc(CNC(=O)[C@H]2CC(=O)N(Cc3ccccn3)C2)n1. The molecule has 3 heterocycles. The number of amides is 2. The zero-order valence-corrected chi connectivity index (χ0v) is 13.7. The van der Waals surface area contributed by atoms with Gasteiger partial charge in [-0.2, -0.15) is 0 Å². The maximum Gasteiger partial charge on any atom is 0.225 e. The summed E-state index contributed by atoms with van der Waals surface area (Å²) >= 11 is 1.53. The van der Waals surface area contributed by atoms with Gasteiger partial charge < -0.3 is 10.2 Å². The molecule has 0 aromatic carbocycles. The molecular weight excluding hydrogens is 312 g/mol. The fourth-order valence-electron chi connectivity index (χ4n) is 2.58. The molecule has 0 aliphatic carbocycles. The number of hydrogen-bond acceptors (Lipinski definition) is 5. The molecule has 0 radical (unpaired) electrons. The topological polar surface area (TPSA) is 75.2 Å². The molecule has 2 aromatic heterocycles. The molecule has 1 N–H and O–H groups in total. The zero-order chi connectivity index (χ0) is 16.2. The number of likely N-dealkylation sites (tertiary alicyclic amines) is 1. The lowest BCUT2D eigenvalue weighted by atomic mass is 10.1. The molecule has 2 amide bonds. The standard InChI is InChI=1S/C16H18N4O2S/c1-11-10-23-14(19-11)7-18-16(22)12-6-15(21)20(8-12)9-13-4-2-3-5-17-13/h2-5,10,12H,6-9H2,1H3,(H,18,22)/t12-/m0/s1. The van der Waals surface area contributed by atoms with Crippen LogP contribution in [-0.2, 0) is 22.7 Å². The van der Waals surface area contributed by atoms with Crippen LogP contribution in [0.4, 0.5) is 0 Å². The van der Waals surface area contributed by atoms with Gasteiger partial charge in [0.2, 0.25) is 11.8 Å². The maximum atomic E-state index is 12.2. The Labute approximate surface area is 138 Å². The maximum absolute atomic E-state index is 12.2. The third-order valence-corrected chi connectivity index (χ3v) is 4.71. The minimum atomic E-state index is -0.299. The third kappa shape index (κ3) is 3.92. The summed E-state index contributed by atoms with van der Waals surface area (Å²) in [4.78, 5) is 34.6. The van der Waals surface area contributed by atoms with Crippen LogP contribution in [0.3, 0.4) is 0 Å². The lowest BCUT2D eigenvalue weighted by molar-refractivity contribution is -0.129. The molecule has 0 unspecified atom stereocenters. The van der Waals surface area contributed by atoms with Crippen molar-refractivity contribution in [3.8, 4) is 0 Å². The second-order valence-corrected chi connectivity index (χ2v) is 6.54. The summed E-state index contributed by atoms with van der Waals surface area (Å²) in [7, 11) is 0. The summed E-state index contributed by atoms with van der Waals surface area (Å²) in [6.07, 6.45) is 1.96. The Morgan fingerprint density at radius 3 is 3.04 bits per heavy atom. The minimum absolute atomic E-state index is 0.000830. The Morgan fingerprint density at radius 2 is 2.35 bits per heavy atom. The van der Waals surface area contributed by atoms with Gasteiger partial charge in [-0.15, -0.1) is 11.3 Å². The Hall–Kier alpha value is -2.28. The molecule has 1 aliphatic heterocycles. The number of pyridine rings is 1. The summed E-state index contributed by atoms with van der Waals surface area (Å²) in [6, 6.07) is 5.61. The molecule has 0 bridgehead atoms. The van der Waals surface area contributed by atoms with Crippen molar-refractivity contribution < 1.29 is 9.59 Å². The van der Waals surface area contributed by atoms with E-state index in [9.17, 15) is 9.59 Å². The number of hydrogen-bond donors (Lipinski definition) is 1. The van der Waals surface area contributed by atoms with Gasteiger partial charge in [0.1, 0.15) is 5.01 Å². The third-order valence-electron chi connectivity index (χ3n) is 3.74. The molecule has 1 aliphatic rings. The van der Waals surface area contributed by atoms with Crippen LogP contribution in [0.2, 0.25) is 0 Å². The van der Waals surface area contributed by atoms with Crippen LogP contribution in [0.25, 0.3) is 0 Å². The lowest BCUT2D eigenvalue weighted by Gasteiger charge is -2.15. The van der Waals surface area contributed by atoms with Crippen LogP contribution in [0.15, 0.2) is 29.8 Å². The monoisotopic (exact) mass is 330 g/mol. The molecule has 23 heavy (non-hydrogen) atoms. The van der Waals surface area contributed by atoms with Gasteiger partial charge in [-0.25, -0.2) is 4.98 Å². The van der Waals surface area contributed by atoms with Crippen molar-refractivity contribution >= 4 is 23.2 Å². The zero-order valence-electron chi connectivity index (χ0n) is 12.9. The number of carbonyl (C=O) groups is 2. The van der Waals surface area contributed by atoms with Crippen molar-refractivity contribution in [3.05, 3.63) is 46.2 Å². The number of rotatable bonds is 5. The first-order chi connectivity index (χ1) is 11.1. The van der Waals surface area contributed by atoms with E-state index in [1.165, 1.54) is 11.3 Å². The summed E-state index contributed by atoms with van der Waals surface area (Å²) in [5.74, 6) is -0.386. The Balaban J connectivity index is 1.53. The second-order valence-electron chi connectivity index (χ2n) is 5.60. The van der Waals surface area contributed by atoms with E-state index < -0.39 is 0 Å². The smallest absolute Gasteiger partial charge is 0.225 e. The van der Waals surface area contributed by atoms with Crippen LogP contribution in [-0.4, -0.2) is 33.2 Å². The van der Waals surface area contributed by atoms with Gasteiger partial charge in [0, 0.05) is 30.2 Å². The molecule has 6 nitrogen and oxygen atoms in total. The van der Waals surface area contributed by atoms with Crippen molar-refractivity contribution in [2.45, 2.75) is 26.4 Å². The average molecular weight is 330 g/mol. The van der Waals surface area contributed by atoms with Gasteiger partial charge in [0.15, 0.2) is 0 Å². The predicted octanol–water partition coefficient (Wildman–Crippen LogP) is 1.51. The van der Waals surface area contributed by atoms with Crippen LogP contribution < -0.4 is 5.32 Å². The van der Waals surface area contributed by atoms with E-state index in [1.54, 1.807) is 11.1 Å². The highest BCUT2D eigenvalue weighted by molar-refractivity contribution is 7.09. The van der Waals surface area contributed by atoms with Gasteiger partial charge in [-0.1, -0.05) is 6.07 Å². The van der Waals surface area contributed by atoms with Crippen molar-refractivity contribution in [1.29, 1.82) is 0 Å². The van der Waals surface area contributed by atoms with Crippen molar-refractivity contribution in [2.75, 3.05) is 6.54 Å². The number of carbonyl (C=O) groups excluding carboxylic acids is 2. The Bertz CT molecular complexity index is 701. The van der Waals surface area contributed by atoms with E-state index in [2.05, 4.69) is 15.3 Å². The van der Waals surface area contributed by atoms with Crippen molar-refractivity contribution in [1.82, 2.24) is 20.2 Å². The molecule has 0 spiro atoms. The van der Waals surface area contributed by atoms with Crippen molar-refractivity contribution in [2.24, 2.45) is 5.92 Å². The van der Waals surface area contributed by atoms with Gasteiger partial charge >= 0.3 is 0 Å². The average Bonchev–Trinajstić information content (AvgIpc) is 3.12. The summed E-state index contributed by atoms with van der Waals surface area (Å²) in [5.41, 5.74) is 1.79. The lowest BCUT2D eigenvalue weighted by Crippen LogP contribution is -2.32. The first-order valence-corrected chi connectivity index (χ1v) is 8.36. The molecule has 1 atom stereocenters. The minimum Gasteiger partial charge on any atom is -0.349 e. The first-order valence-electron chi connectivity index (χ1n) is 7.48. The summed E-state index contributed by atoms with van der Waals surface area (Å²) in [6.45, 7) is 3.24. The fraction of sp³-hybridized carbons (Fsp3) is 0.375. The van der Waals surface area contributed by atoms with Crippen LogP contribution >= 0.6 is 11.3 Å². The molecule has 1 fully saturated rings. The highest BCUT2D eigenvalue weighted by atomic mass is 32.1. The Morgan fingerprint density at radius 1 is 1.48 bits per heavy atom. The molecule has 7 heteroatoms. The molecule has 2 aromatic rings. The largest absolute Gasteiger partial charge is 0.349 e. The quantitative estimate of drug-likeness (QED) is 0.902. The number of thiazole rings is 1. The number of nitrogens with one attached hydrogen (secondary N) is 1. The first kappa shape index (κ1) is 15.6. The molecule has 1 saturated heterocycles. The van der Waals surface area contributed by atoms with Crippen LogP contribution in [0.1, 0.15) is 22.8 Å². The van der Waals surface area contributed by atoms with Gasteiger partial charge in [-0.3, -0.25) is 14.6 Å². The highest BCUT2D eigenvalue weighted by Gasteiger charge is 2.34. The van der Waals surface area contributed by atoms with E-state index in [4.69, 9.17) is 0 Å².